The van der Waals surface area contributed by atoms with Gasteiger partial charge in [0, 0.05) is 7.05 Å². The zero-order valence-corrected chi connectivity index (χ0v) is 10.5. The first kappa shape index (κ1) is 12.5. The van der Waals surface area contributed by atoms with Gasteiger partial charge in [-0.05, 0) is 33.3 Å². The summed E-state index contributed by atoms with van der Waals surface area (Å²) in [6.07, 6.45) is 1.40. The Hall–Kier alpha value is -1.52. The molecule has 0 unspecified atom stereocenters. The molecule has 0 saturated carbocycles. The van der Waals surface area contributed by atoms with Gasteiger partial charge in [-0.25, -0.2) is 4.79 Å². The lowest BCUT2D eigenvalue weighted by Gasteiger charge is -2.24. The maximum atomic E-state index is 11.7. The number of H-pyrrole nitrogens is 1. The van der Waals surface area contributed by atoms with Gasteiger partial charge in [0.2, 0.25) is 0 Å². The molecule has 1 N–H and O–H groups in total. The number of nitrogens with one attached hydrogen (secondary N) is 1. The van der Waals surface area contributed by atoms with E-state index in [0.29, 0.717) is 6.54 Å². The summed E-state index contributed by atoms with van der Waals surface area (Å²) in [4.78, 5) is 13.2. The van der Waals surface area contributed by atoms with Crippen LogP contribution in [-0.2, 0) is 11.3 Å². The lowest BCUT2D eigenvalue weighted by atomic mass is 10.2. The lowest BCUT2D eigenvalue weighted by molar-refractivity contribution is 0.0283. The molecule has 90 valence electrons. The summed E-state index contributed by atoms with van der Waals surface area (Å²) >= 11 is 0. The first-order valence-electron chi connectivity index (χ1n) is 5.22. The minimum atomic E-state index is -0.464. The fourth-order valence-electron chi connectivity index (χ4n) is 1.17. The fraction of sp³-hybridized carbons (Fsp3) is 0.636. The third-order valence-electron chi connectivity index (χ3n) is 2.03. The Morgan fingerprint density at radius 1 is 1.56 bits per heavy atom. The van der Waals surface area contributed by atoms with Crippen molar-refractivity contribution in [3.8, 4) is 0 Å². The second-order valence-corrected chi connectivity index (χ2v) is 4.87. The molecule has 5 heteroatoms. The number of amides is 1. The highest BCUT2D eigenvalue weighted by molar-refractivity contribution is 5.67. The molecule has 0 aliphatic carbocycles. The van der Waals surface area contributed by atoms with Gasteiger partial charge in [-0.3, -0.25) is 5.10 Å². The Morgan fingerprint density at radius 3 is 2.62 bits per heavy atom. The van der Waals surface area contributed by atoms with E-state index >= 15 is 0 Å². The van der Waals surface area contributed by atoms with E-state index in [0.717, 1.165) is 11.3 Å². The highest BCUT2D eigenvalue weighted by Gasteiger charge is 2.20. The van der Waals surface area contributed by atoms with Crippen LogP contribution < -0.4 is 0 Å². The molecule has 0 fully saturated rings. The normalized spacial score (nSPS) is 11.3. The minimum absolute atomic E-state index is 0.332. The SMILES string of the molecule is Cc1cn[nH]c1CN(C)C(=O)OC(C)(C)C. The molecule has 5 nitrogen and oxygen atoms in total. The number of carbonyl (C=O) groups excluding carboxylic acids is 1. The molecule has 0 spiro atoms. The molecule has 0 atom stereocenters. The first-order chi connectivity index (χ1) is 7.29. The van der Waals surface area contributed by atoms with E-state index in [1.54, 1.807) is 13.2 Å². The summed E-state index contributed by atoms with van der Waals surface area (Å²) in [7, 11) is 1.70. The van der Waals surface area contributed by atoms with Crippen LogP contribution in [0.25, 0.3) is 0 Å². The monoisotopic (exact) mass is 225 g/mol. The number of aromatic nitrogens is 2. The van der Waals surface area contributed by atoms with Crippen molar-refractivity contribution in [2.45, 2.75) is 39.8 Å². The molecule has 0 aliphatic rings. The predicted octanol–water partition coefficient (Wildman–Crippen LogP) is 2.09. The number of ether oxygens (including phenoxy) is 1. The Morgan fingerprint density at radius 2 is 2.19 bits per heavy atom. The maximum Gasteiger partial charge on any atom is 0.410 e. The van der Waals surface area contributed by atoms with Crippen molar-refractivity contribution in [1.82, 2.24) is 15.1 Å². The predicted molar refractivity (Wildman–Crippen MR) is 61.0 cm³/mol. The van der Waals surface area contributed by atoms with Gasteiger partial charge in [0.1, 0.15) is 5.60 Å². The standard InChI is InChI=1S/C11H19N3O2/c1-8-6-12-13-9(8)7-14(5)10(15)16-11(2,3)4/h6H,7H2,1-5H3,(H,12,13). The van der Waals surface area contributed by atoms with E-state index < -0.39 is 5.60 Å². The quantitative estimate of drug-likeness (QED) is 0.838. The van der Waals surface area contributed by atoms with Gasteiger partial charge in [0.15, 0.2) is 0 Å². The number of hydrogen-bond acceptors (Lipinski definition) is 3. The highest BCUT2D eigenvalue weighted by atomic mass is 16.6. The largest absolute Gasteiger partial charge is 0.444 e. The minimum Gasteiger partial charge on any atom is -0.444 e. The highest BCUT2D eigenvalue weighted by Crippen LogP contribution is 2.11. The van der Waals surface area contributed by atoms with Crippen molar-refractivity contribution < 1.29 is 9.53 Å². The Balaban J connectivity index is 2.56. The molecular weight excluding hydrogens is 206 g/mol. The number of aromatic amines is 1. The van der Waals surface area contributed by atoms with E-state index in [9.17, 15) is 4.79 Å². The van der Waals surface area contributed by atoms with Crippen LogP contribution in [0.3, 0.4) is 0 Å². The van der Waals surface area contributed by atoms with E-state index in [1.165, 1.54) is 4.90 Å². The van der Waals surface area contributed by atoms with Crippen LogP contribution in [0.4, 0.5) is 4.79 Å². The van der Waals surface area contributed by atoms with E-state index in [4.69, 9.17) is 4.74 Å². The summed E-state index contributed by atoms with van der Waals surface area (Å²) in [6.45, 7) is 7.96. The van der Waals surface area contributed by atoms with Crippen molar-refractivity contribution in [3.05, 3.63) is 17.5 Å². The summed E-state index contributed by atoms with van der Waals surface area (Å²) < 4.78 is 5.24. The molecule has 16 heavy (non-hydrogen) atoms. The third-order valence-corrected chi connectivity index (χ3v) is 2.03. The molecule has 1 amide bonds. The number of hydrogen-bond donors (Lipinski definition) is 1. The zero-order chi connectivity index (χ0) is 12.3. The van der Waals surface area contributed by atoms with E-state index in [1.807, 2.05) is 27.7 Å². The van der Waals surface area contributed by atoms with Crippen molar-refractivity contribution in [1.29, 1.82) is 0 Å². The first-order valence-corrected chi connectivity index (χ1v) is 5.22. The van der Waals surface area contributed by atoms with Gasteiger partial charge in [-0.1, -0.05) is 0 Å². The molecular formula is C11H19N3O2. The lowest BCUT2D eigenvalue weighted by Crippen LogP contribution is -2.34. The second-order valence-electron chi connectivity index (χ2n) is 4.87. The van der Waals surface area contributed by atoms with Gasteiger partial charge < -0.3 is 9.64 Å². The number of nitrogens with zero attached hydrogens (tertiary/aromatic N) is 2. The van der Waals surface area contributed by atoms with Gasteiger partial charge in [-0.2, -0.15) is 5.10 Å². The third kappa shape index (κ3) is 3.56. The molecule has 1 heterocycles. The van der Waals surface area contributed by atoms with Gasteiger partial charge in [-0.15, -0.1) is 0 Å². The van der Waals surface area contributed by atoms with Crippen LogP contribution >= 0.6 is 0 Å². The number of rotatable bonds is 2. The van der Waals surface area contributed by atoms with E-state index in [2.05, 4.69) is 10.2 Å². The molecule has 0 radical (unpaired) electrons. The van der Waals surface area contributed by atoms with Crippen LogP contribution in [0.15, 0.2) is 6.20 Å². The van der Waals surface area contributed by atoms with Crippen molar-refractivity contribution in [2.24, 2.45) is 0 Å². The Bertz CT molecular complexity index is 366. The van der Waals surface area contributed by atoms with Gasteiger partial charge in [0.05, 0.1) is 18.4 Å². The van der Waals surface area contributed by atoms with Crippen LogP contribution in [0.2, 0.25) is 0 Å². The molecule has 1 aromatic rings. The Labute approximate surface area is 95.8 Å². The van der Waals surface area contributed by atoms with E-state index in [-0.39, 0.29) is 6.09 Å². The number of aryl methyl sites for hydroxylation is 1. The topological polar surface area (TPSA) is 58.2 Å². The van der Waals surface area contributed by atoms with Crippen LogP contribution in [0, 0.1) is 6.92 Å². The summed E-state index contributed by atoms with van der Waals surface area (Å²) in [5.74, 6) is 0. The van der Waals surface area contributed by atoms with Crippen LogP contribution in [-0.4, -0.2) is 33.8 Å². The van der Waals surface area contributed by atoms with Crippen LogP contribution in [0.5, 0.6) is 0 Å². The van der Waals surface area contributed by atoms with Crippen molar-refractivity contribution in [2.75, 3.05) is 7.05 Å². The molecule has 0 aromatic carbocycles. The zero-order valence-electron chi connectivity index (χ0n) is 10.5. The van der Waals surface area contributed by atoms with Crippen molar-refractivity contribution >= 4 is 6.09 Å². The average Bonchev–Trinajstić information content (AvgIpc) is 2.49. The average molecular weight is 225 g/mol. The van der Waals surface area contributed by atoms with Crippen LogP contribution in [0.1, 0.15) is 32.0 Å². The molecule has 0 bridgehead atoms. The van der Waals surface area contributed by atoms with Gasteiger partial charge in [0.25, 0.3) is 0 Å². The van der Waals surface area contributed by atoms with Crippen molar-refractivity contribution in [3.63, 3.8) is 0 Å². The fourth-order valence-corrected chi connectivity index (χ4v) is 1.17. The summed E-state index contributed by atoms with van der Waals surface area (Å²) in [5.41, 5.74) is 1.50. The summed E-state index contributed by atoms with van der Waals surface area (Å²) in [5, 5.41) is 6.76. The molecule has 0 aliphatic heterocycles. The summed E-state index contributed by atoms with van der Waals surface area (Å²) in [6, 6.07) is 0. The molecule has 1 rings (SSSR count). The smallest absolute Gasteiger partial charge is 0.410 e. The number of carbonyl (C=O) groups is 1. The van der Waals surface area contributed by atoms with Gasteiger partial charge >= 0.3 is 6.09 Å². The molecule has 1 aromatic heterocycles. The molecule has 0 saturated heterocycles. The Kier molecular flexibility index (Phi) is 3.57. The maximum absolute atomic E-state index is 11.7. The second kappa shape index (κ2) is 4.55.